The van der Waals surface area contributed by atoms with E-state index in [2.05, 4.69) is 31.1 Å². The fraction of sp³-hybridized carbons (Fsp3) is 0.900. The predicted molar refractivity (Wildman–Crippen MR) is 90.2 cm³/mol. The highest BCUT2D eigenvalue weighted by atomic mass is 16.6. The first-order chi connectivity index (χ1) is 11.4. The lowest BCUT2D eigenvalue weighted by Gasteiger charge is -2.60. The van der Waals surface area contributed by atoms with Crippen molar-refractivity contribution in [3.63, 3.8) is 0 Å². The Labute approximate surface area is 144 Å². The number of rotatable bonds is 0. The minimum Gasteiger partial charge on any atom is -0.390 e. The molecule has 1 heterocycles. The van der Waals surface area contributed by atoms with Crippen LogP contribution in [0, 0.1) is 34.5 Å². The molecule has 5 unspecified atom stereocenters. The summed E-state index contributed by atoms with van der Waals surface area (Å²) < 4.78 is 5.03. The summed E-state index contributed by atoms with van der Waals surface area (Å²) in [4.78, 5) is 0. The van der Waals surface area contributed by atoms with Crippen LogP contribution in [0.5, 0.6) is 0 Å². The van der Waals surface area contributed by atoms with Gasteiger partial charge in [-0.05, 0) is 86.4 Å². The van der Waals surface area contributed by atoms with E-state index in [0.29, 0.717) is 11.3 Å². The Kier molecular flexibility index (Phi) is 2.96. The van der Waals surface area contributed by atoms with E-state index in [1.807, 2.05) is 0 Å². The Morgan fingerprint density at radius 1 is 0.958 bits per heavy atom. The molecule has 0 amide bonds. The van der Waals surface area contributed by atoms with E-state index >= 15 is 0 Å². The van der Waals surface area contributed by atoms with Gasteiger partial charge in [0.25, 0.3) is 0 Å². The van der Waals surface area contributed by atoms with Gasteiger partial charge in [0, 0.05) is 6.42 Å². The highest BCUT2D eigenvalue weighted by Crippen LogP contribution is 2.67. The van der Waals surface area contributed by atoms with Crippen molar-refractivity contribution in [2.24, 2.45) is 34.5 Å². The largest absolute Gasteiger partial charge is 0.390 e. The molecule has 4 nitrogen and oxygen atoms in total. The van der Waals surface area contributed by atoms with E-state index in [-0.39, 0.29) is 5.41 Å². The third-order valence-corrected chi connectivity index (χ3v) is 9.25. The summed E-state index contributed by atoms with van der Waals surface area (Å²) in [5.41, 5.74) is 2.20. The molecule has 3 saturated carbocycles. The van der Waals surface area contributed by atoms with E-state index in [4.69, 9.17) is 4.63 Å². The van der Waals surface area contributed by atoms with Crippen LogP contribution < -0.4 is 0 Å². The molecule has 0 saturated heterocycles. The van der Waals surface area contributed by atoms with Crippen molar-refractivity contribution >= 4 is 0 Å². The molecule has 24 heavy (non-hydrogen) atoms. The molecule has 0 bridgehead atoms. The van der Waals surface area contributed by atoms with Crippen LogP contribution in [0.4, 0.5) is 0 Å². The minimum atomic E-state index is -0.476. The SMILES string of the molecule is CC12Cc3nonc3C[C@@H]1CCC1C2CCC2(C)C1CC[C@@]2(C)O. The molecule has 1 aromatic heterocycles. The molecule has 4 aliphatic rings. The van der Waals surface area contributed by atoms with Gasteiger partial charge in [-0.3, -0.25) is 0 Å². The van der Waals surface area contributed by atoms with Crippen LogP contribution in [0.1, 0.15) is 70.7 Å². The third-order valence-electron chi connectivity index (χ3n) is 9.25. The molecule has 0 aliphatic heterocycles. The molecule has 1 N–H and O–H groups in total. The number of hydrogen-bond donors (Lipinski definition) is 1. The fourth-order valence-electron chi connectivity index (χ4n) is 7.50. The van der Waals surface area contributed by atoms with Gasteiger partial charge in [0.1, 0.15) is 11.4 Å². The van der Waals surface area contributed by atoms with Gasteiger partial charge in [0.15, 0.2) is 0 Å². The van der Waals surface area contributed by atoms with Gasteiger partial charge >= 0.3 is 0 Å². The smallest absolute Gasteiger partial charge is 0.108 e. The van der Waals surface area contributed by atoms with Crippen molar-refractivity contribution < 1.29 is 9.74 Å². The van der Waals surface area contributed by atoms with E-state index in [9.17, 15) is 5.11 Å². The summed E-state index contributed by atoms with van der Waals surface area (Å²) >= 11 is 0. The molecular weight excluding hydrogens is 300 g/mol. The second kappa shape index (κ2) is 4.63. The van der Waals surface area contributed by atoms with Crippen molar-refractivity contribution in [3.8, 4) is 0 Å². The molecule has 4 aliphatic carbocycles. The molecule has 1 aromatic rings. The third kappa shape index (κ3) is 1.73. The lowest BCUT2D eigenvalue weighted by molar-refractivity contribution is -0.139. The standard InChI is InChI=1S/C20H30N2O2/c1-18-11-17-16(21-24-22-17)10-12(18)4-5-13-14(18)6-8-19(2)15(13)7-9-20(19,3)23/h12-15,23H,4-11H2,1-3H3/t12-,13?,14?,15?,18?,19?,20+/m0/s1. The first-order valence-corrected chi connectivity index (χ1v) is 9.88. The molecule has 7 atom stereocenters. The van der Waals surface area contributed by atoms with Gasteiger partial charge in [-0.25, -0.2) is 4.63 Å². The lowest BCUT2D eigenvalue weighted by atomic mass is 9.45. The number of aromatic nitrogens is 2. The molecule has 5 rings (SSSR count). The zero-order chi connectivity index (χ0) is 16.7. The maximum atomic E-state index is 11.0. The molecule has 132 valence electrons. The predicted octanol–water partition coefficient (Wildman–Crippen LogP) is 3.78. The van der Waals surface area contributed by atoms with E-state index in [1.165, 1.54) is 32.1 Å². The first-order valence-electron chi connectivity index (χ1n) is 9.88. The molecule has 3 fully saturated rings. The normalized spacial score (nSPS) is 53.0. The molecular formula is C20H30N2O2. The van der Waals surface area contributed by atoms with Gasteiger partial charge < -0.3 is 5.11 Å². The highest BCUT2D eigenvalue weighted by Gasteiger charge is 2.63. The molecule has 4 heteroatoms. The van der Waals surface area contributed by atoms with Gasteiger partial charge in [-0.2, -0.15) is 0 Å². The zero-order valence-corrected chi connectivity index (χ0v) is 15.2. The van der Waals surface area contributed by atoms with Crippen molar-refractivity contribution in [2.75, 3.05) is 0 Å². The monoisotopic (exact) mass is 330 g/mol. The number of hydrogen-bond acceptors (Lipinski definition) is 4. The van der Waals surface area contributed by atoms with Crippen molar-refractivity contribution in [1.29, 1.82) is 0 Å². The Bertz CT molecular complexity index is 668. The molecule has 0 radical (unpaired) electrons. The second-order valence-electron chi connectivity index (χ2n) is 9.96. The zero-order valence-electron chi connectivity index (χ0n) is 15.2. The van der Waals surface area contributed by atoms with Crippen LogP contribution >= 0.6 is 0 Å². The van der Waals surface area contributed by atoms with Crippen molar-refractivity contribution in [3.05, 3.63) is 11.4 Å². The Morgan fingerprint density at radius 3 is 2.54 bits per heavy atom. The minimum absolute atomic E-state index is 0.118. The lowest BCUT2D eigenvalue weighted by Crippen LogP contribution is -2.56. The average Bonchev–Trinajstić information content (AvgIpc) is 3.06. The second-order valence-corrected chi connectivity index (χ2v) is 9.96. The average molecular weight is 330 g/mol. The maximum absolute atomic E-state index is 11.0. The number of nitrogens with zero attached hydrogens (tertiary/aromatic N) is 2. The van der Waals surface area contributed by atoms with Gasteiger partial charge in [0.05, 0.1) is 5.60 Å². The summed E-state index contributed by atoms with van der Waals surface area (Å²) in [6.45, 7) is 6.98. The summed E-state index contributed by atoms with van der Waals surface area (Å²) in [5.74, 6) is 2.97. The molecule has 0 spiro atoms. The van der Waals surface area contributed by atoms with Crippen LogP contribution in [0.15, 0.2) is 4.63 Å². The van der Waals surface area contributed by atoms with Crippen molar-refractivity contribution in [1.82, 2.24) is 10.3 Å². The highest BCUT2D eigenvalue weighted by molar-refractivity contribution is 5.21. The van der Waals surface area contributed by atoms with E-state index in [0.717, 1.165) is 48.4 Å². The van der Waals surface area contributed by atoms with E-state index < -0.39 is 5.60 Å². The van der Waals surface area contributed by atoms with Crippen LogP contribution in [0.25, 0.3) is 0 Å². The number of aliphatic hydroxyl groups is 1. The summed E-state index contributed by atoms with van der Waals surface area (Å²) in [6.07, 6.45) is 9.37. The van der Waals surface area contributed by atoms with Crippen LogP contribution in [-0.2, 0) is 12.8 Å². The maximum Gasteiger partial charge on any atom is 0.108 e. The number of fused-ring (bicyclic) bond motifs is 6. The van der Waals surface area contributed by atoms with Gasteiger partial charge in [-0.1, -0.05) is 24.2 Å². The Hall–Kier alpha value is -0.900. The van der Waals surface area contributed by atoms with Gasteiger partial charge in [0.2, 0.25) is 0 Å². The van der Waals surface area contributed by atoms with Crippen molar-refractivity contribution in [2.45, 2.75) is 77.7 Å². The summed E-state index contributed by atoms with van der Waals surface area (Å²) in [6, 6.07) is 0. The quantitative estimate of drug-likeness (QED) is 0.786. The van der Waals surface area contributed by atoms with Crippen LogP contribution in [0.3, 0.4) is 0 Å². The van der Waals surface area contributed by atoms with Crippen LogP contribution in [0.2, 0.25) is 0 Å². The van der Waals surface area contributed by atoms with E-state index in [1.54, 1.807) is 0 Å². The fourth-order valence-corrected chi connectivity index (χ4v) is 7.50. The topological polar surface area (TPSA) is 59.2 Å². The van der Waals surface area contributed by atoms with Crippen LogP contribution in [-0.4, -0.2) is 21.0 Å². The Balaban J connectivity index is 1.50. The molecule has 0 aromatic carbocycles. The van der Waals surface area contributed by atoms with Gasteiger partial charge in [-0.15, -0.1) is 0 Å². The summed E-state index contributed by atoms with van der Waals surface area (Å²) in [7, 11) is 0. The summed E-state index contributed by atoms with van der Waals surface area (Å²) in [5, 5.41) is 19.4. The Morgan fingerprint density at radius 2 is 1.71 bits per heavy atom. The first kappa shape index (κ1) is 15.4.